The Bertz CT molecular complexity index is 9.52. The molecule has 0 bridgehead atoms. The normalized spacial score (nSPS) is 0.545. The number of hydrogen-bond acceptors (Lipinski definition) is 1. The van der Waals surface area contributed by atoms with Crippen LogP contribution in [-0.2, 0) is 0 Å². The summed E-state index contributed by atoms with van der Waals surface area (Å²) in [6.45, 7) is 0. The van der Waals surface area contributed by atoms with Gasteiger partial charge in [0, 0.05) is 0 Å². The van der Waals surface area contributed by atoms with Crippen LogP contribution >= 0.6 is 11.9 Å². The van der Waals surface area contributed by atoms with Gasteiger partial charge >= 0.3 is 37.7 Å². The Morgan fingerprint density at radius 1 is 0.455 bits per heavy atom. The first-order chi connectivity index (χ1) is 1.00. The van der Waals surface area contributed by atoms with E-state index in [0.29, 0.717) is 0 Å². The van der Waals surface area contributed by atoms with E-state index in [9.17, 15) is 0 Å². The van der Waals surface area contributed by atoms with Gasteiger partial charge in [-0.1, -0.05) is 0 Å². The summed E-state index contributed by atoms with van der Waals surface area (Å²) >= 11 is 3.39. The van der Waals surface area contributed by atoms with Crippen molar-refractivity contribution in [1.82, 2.24) is 0 Å². The fourth-order valence-electron chi connectivity index (χ4n) is 0. The van der Waals surface area contributed by atoms with E-state index in [1.807, 2.05) is 0 Å². The molecule has 0 aliphatic carbocycles. The second-order valence-electron chi connectivity index (χ2n) is 0. The summed E-state index contributed by atoms with van der Waals surface area (Å²) in [7, 11) is 0. The van der Waals surface area contributed by atoms with Crippen LogP contribution in [-0.4, -0.2) is 81.5 Å². The summed E-state index contributed by atoms with van der Waals surface area (Å²) in [5, 5.41) is 0. The molecule has 78 valence electrons. The second-order valence-corrected chi connectivity index (χ2v) is 0. The van der Waals surface area contributed by atoms with Gasteiger partial charge in [0.2, 0.25) is 0 Å². The van der Waals surface area contributed by atoms with Gasteiger partial charge in [0.1, 0.15) is 0 Å². The van der Waals surface area contributed by atoms with Gasteiger partial charge in [-0.05, 0) is 0 Å². The van der Waals surface area contributed by atoms with Crippen molar-refractivity contribution in [2.75, 3.05) is 0 Å². The zero-order valence-corrected chi connectivity index (χ0v) is 8.46. The second kappa shape index (κ2) is 821. The molecular formula is H16CaClO9+. The van der Waals surface area contributed by atoms with Gasteiger partial charge in [-0.2, -0.15) is 0 Å². The molecule has 0 rings (SSSR count). The maximum atomic E-state index is 7.72. The molecule has 16 N–H and O–H groups in total. The molecule has 0 aromatic carbocycles. The molecule has 0 amide bonds. The van der Waals surface area contributed by atoms with Crippen LogP contribution in [0.15, 0.2) is 0 Å². The van der Waals surface area contributed by atoms with E-state index in [4.69, 9.17) is 4.66 Å². The largest absolute Gasteiger partial charge is 2.00 e. The van der Waals surface area contributed by atoms with E-state index in [0.717, 1.165) is 0 Å². The molecular weight excluding hydrogens is 220 g/mol. The number of hydrogen-bond donors (Lipinski definition) is 0. The van der Waals surface area contributed by atoms with Crippen molar-refractivity contribution in [3.8, 4) is 0 Å². The summed E-state index contributed by atoms with van der Waals surface area (Å²) in [5.74, 6) is 0. The van der Waals surface area contributed by atoms with Crippen molar-refractivity contribution in [2.45, 2.75) is 0 Å². The topological polar surface area (TPSA) is 275 Å². The molecule has 0 atom stereocenters. The third-order valence-corrected chi connectivity index (χ3v) is 0. The van der Waals surface area contributed by atoms with Crippen LogP contribution in [0.5, 0.6) is 0 Å². The first-order valence-electron chi connectivity index (χ1n) is 0.154. The molecule has 0 aromatic heterocycles. The quantitative estimate of drug-likeness (QED) is 0.363. The summed E-state index contributed by atoms with van der Waals surface area (Å²) in [4.78, 5) is 0. The van der Waals surface area contributed by atoms with Gasteiger partial charge < -0.3 is 48.5 Å². The predicted octanol–water partition coefficient (Wildman–Crippen LogP) is -7.48. The molecule has 0 aliphatic rings. The van der Waals surface area contributed by atoms with E-state index in [-0.39, 0.29) is 81.5 Å². The SMILES string of the molecule is O.O.O.O.O.O.O.O.[Ca+2].[O-]Cl. The molecule has 0 heterocycles. The van der Waals surface area contributed by atoms with Crippen LogP contribution in [0.25, 0.3) is 0 Å². The Hall–Kier alpha value is 1.19. The van der Waals surface area contributed by atoms with Crippen LogP contribution in [0.2, 0.25) is 0 Å². The summed E-state index contributed by atoms with van der Waals surface area (Å²) in [5.41, 5.74) is 0. The molecule has 9 nitrogen and oxygen atoms in total. The molecule has 0 radical (unpaired) electrons. The van der Waals surface area contributed by atoms with Crippen molar-refractivity contribution in [2.24, 2.45) is 0 Å². The average Bonchev–Trinajstić information content (AvgIpc) is 1.00. The van der Waals surface area contributed by atoms with Crippen LogP contribution in [0, 0.1) is 0 Å². The standard InChI is InChI=1S/Ca.ClO.8H2O/c;1-2;;;;;;;;/h;;8*1H2/q+2;-1;;;;;;;;. The van der Waals surface area contributed by atoms with Gasteiger partial charge in [0.25, 0.3) is 0 Å². The van der Waals surface area contributed by atoms with Gasteiger partial charge in [0.15, 0.2) is 0 Å². The minimum Gasteiger partial charge on any atom is -0.769 e. The zero-order valence-electron chi connectivity index (χ0n) is 5.49. The van der Waals surface area contributed by atoms with Crippen molar-refractivity contribution < 1.29 is 48.5 Å². The number of halogens is 1. The van der Waals surface area contributed by atoms with Gasteiger partial charge in [0.05, 0.1) is 0 Å². The Morgan fingerprint density at radius 2 is 0.455 bits per heavy atom. The predicted molar refractivity (Wildman–Crippen MR) is 40.5 cm³/mol. The minimum absolute atomic E-state index is 0. The Balaban J connectivity index is -0.000000000139. The fraction of sp³-hybridized carbons (Fsp3) is 0. The number of rotatable bonds is 0. The van der Waals surface area contributed by atoms with Gasteiger partial charge in [-0.25, -0.2) is 11.9 Å². The van der Waals surface area contributed by atoms with Crippen LogP contribution < -0.4 is 4.66 Å². The van der Waals surface area contributed by atoms with Crippen LogP contribution in [0.3, 0.4) is 0 Å². The molecule has 0 saturated carbocycles. The zero-order chi connectivity index (χ0) is 2.00. The molecule has 0 aromatic rings. The van der Waals surface area contributed by atoms with Crippen LogP contribution in [0.1, 0.15) is 0 Å². The molecule has 0 aliphatic heterocycles. The van der Waals surface area contributed by atoms with Gasteiger partial charge in [-0.3, -0.25) is 0 Å². The van der Waals surface area contributed by atoms with E-state index in [2.05, 4.69) is 11.9 Å². The van der Waals surface area contributed by atoms with Crippen molar-refractivity contribution in [3.05, 3.63) is 0 Å². The van der Waals surface area contributed by atoms with E-state index < -0.39 is 0 Å². The third-order valence-electron chi connectivity index (χ3n) is 0. The monoisotopic (exact) mass is 235 g/mol. The molecule has 11 heavy (non-hydrogen) atoms. The smallest absolute Gasteiger partial charge is 0.769 e. The summed E-state index contributed by atoms with van der Waals surface area (Å²) in [6, 6.07) is 0. The van der Waals surface area contributed by atoms with Crippen LogP contribution in [0.4, 0.5) is 0 Å². The third kappa shape index (κ3) is 668. The summed E-state index contributed by atoms with van der Waals surface area (Å²) in [6.07, 6.45) is 0. The van der Waals surface area contributed by atoms with Crippen molar-refractivity contribution in [3.63, 3.8) is 0 Å². The Labute approximate surface area is 97.6 Å². The minimum atomic E-state index is 0. The molecule has 0 fully saturated rings. The van der Waals surface area contributed by atoms with Gasteiger partial charge in [-0.15, -0.1) is 0 Å². The first kappa shape index (κ1) is 318. The van der Waals surface area contributed by atoms with Crippen molar-refractivity contribution in [1.29, 1.82) is 0 Å². The molecule has 0 unspecified atom stereocenters. The molecule has 11 heteroatoms. The van der Waals surface area contributed by atoms with E-state index >= 15 is 0 Å². The maximum Gasteiger partial charge on any atom is 2.00 e. The summed E-state index contributed by atoms with van der Waals surface area (Å²) < 4.78 is 7.72. The molecule has 0 saturated heterocycles. The fourth-order valence-corrected chi connectivity index (χ4v) is 0. The maximum absolute atomic E-state index is 7.72. The van der Waals surface area contributed by atoms with E-state index in [1.165, 1.54) is 0 Å². The average molecular weight is 236 g/mol. The Kier molecular flexibility index (Phi) is 23800. The first-order valence-corrected chi connectivity index (χ1v) is 0.463. The molecule has 0 spiro atoms. The van der Waals surface area contributed by atoms with Crippen molar-refractivity contribution >= 4 is 49.6 Å². The van der Waals surface area contributed by atoms with E-state index in [1.54, 1.807) is 0 Å². The Morgan fingerprint density at radius 3 is 0.455 bits per heavy atom.